The minimum absolute atomic E-state index is 0.0291. The van der Waals surface area contributed by atoms with Gasteiger partial charge in [-0.2, -0.15) is 0 Å². The van der Waals surface area contributed by atoms with Crippen molar-refractivity contribution in [1.29, 1.82) is 0 Å². The molecule has 0 spiro atoms. The predicted molar refractivity (Wildman–Crippen MR) is 103 cm³/mol. The lowest BCUT2D eigenvalue weighted by Gasteiger charge is -2.29. The van der Waals surface area contributed by atoms with E-state index in [1.165, 1.54) is 22.3 Å². The molecule has 5 heteroatoms. The normalized spacial score (nSPS) is 21.2. The zero-order chi connectivity index (χ0) is 18.8. The molecule has 1 saturated carbocycles. The van der Waals surface area contributed by atoms with Crippen molar-refractivity contribution in [2.75, 3.05) is 6.61 Å². The third kappa shape index (κ3) is 3.42. The molecule has 1 fully saturated rings. The van der Waals surface area contributed by atoms with Crippen LogP contribution in [0.25, 0.3) is 11.1 Å². The molecule has 0 aliphatic heterocycles. The second kappa shape index (κ2) is 7.43. The molecule has 0 radical (unpaired) electrons. The van der Waals surface area contributed by atoms with Crippen molar-refractivity contribution in [2.24, 2.45) is 11.7 Å². The van der Waals surface area contributed by atoms with E-state index in [2.05, 4.69) is 29.6 Å². The fraction of sp³-hybridized carbons (Fsp3) is 0.364. The van der Waals surface area contributed by atoms with Crippen molar-refractivity contribution in [3.05, 3.63) is 59.7 Å². The van der Waals surface area contributed by atoms with Gasteiger partial charge in [-0.05, 0) is 35.1 Å². The van der Waals surface area contributed by atoms with E-state index < -0.39 is 6.09 Å². The lowest BCUT2D eigenvalue weighted by molar-refractivity contribution is -0.123. The second-order valence-electron chi connectivity index (χ2n) is 7.37. The molecule has 2 aromatic carbocycles. The van der Waals surface area contributed by atoms with Crippen LogP contribution in [0.2, 0.25) is 0 Å². The van der Waals surface area contributed by atoms with Crippen LogP contribution in [0, 0.1) is 5.92 Å². The van der Waals surface area contributed by atoms with Crippen molar-refractivity contribution >= 4 is 12.0 Å². The van der Waals surface area contributed by atoms with Gasteiger partial charge in [0.2, 0.25) is 5.91 Å². The monoisotopic (exact) mass is 364 g/mol. The molecule has 0 heterocycles. The molecule has 2 aliphatic carbocycles. The number of hydrogen-bond donors (Lipinski definition) is 2. The molecule has 2 aliphatic rings. The Morgan fingerprint density at radius 3 is 2.19 bits per heavy atom. The van der Waals surface area contributed by atoms with Gasteiger partial charge in [0.1, 0.15) is 6.61 Å². The van der Waals surface area contributed by atoms with Gasteiger partial charge < -0.3 is 15.8 Å². The standard InChI is InChI=1S/C22H24N2O3/c23-21(25)18-11-5-6-12-20(18)24-22(26)27-13-19-16-9-3-1-7-14(16)15-8-2-4-10-17(15)19/h1-4,7-10,18-20H,5-6,11-13H2,(H2,23,25)(H,24,26)/t18-,20-/m1/s1. The quantitative estimate of drug-likeness (QED) is 0.870. The minimum atomic E-state index is -0.477. The third-order valence-electron chi connectivity index (χ3n) is 5.78. The van der Waals surface area contributed by atoms with Crippen molar-refractivity contribution in [3.63, 3.8) is 0 Å². The molecule has 2 atom stereocenters. The van der Waals surface area contributed by atoms with E-state index in [0.29, 0.717) is 0 Å². The van der Waals surface area contributed by atoms with E-state index in [4.69, 9.17) is 10.5 Å². The number of hydrogen-bond acceptors (Lipinski definition) is 3. The van der Waals surface area contributed by atoms with Gasteiger partial charge in [-0.3, -0.25) is 4.79 Å². The summed E-state index contributed by atoms with van der Waals surface area (Å²) in [5, 5.41) is 2.86. The van der Waals surface area contributed by atoms with Crippen LogP contribution in [0.15, 0.2) is 48.5 Å². The molecular formula is C22H24N2O3. The lowest BCUT2D eigenvalue weighted by Crippen LogP contribution is -2.47. The highest BCUT2D eigenvalue weighted by atomic mass is 16.5. The van der Waals surface area contributed by atoms with E-state index in [1.807, 2.05) is 24.3 Å². The fourth-order valence-corrected chi connectivity index (χ4v) is 4.44. The van der Waals surface area contributed by atoms with Crippen LogP contribution in [0.5, 0.6) is 0 Å². The molecule has 2 aromatic rings. The van der Waals surface area contributed by atoms with E-state index in [9.17, 15) is 9.59 Å². The maximum absolute atomic E-state index is 12.4. The van der Waals surface area contributed by atoms with Gasteiger partial charge in [0, 0.05) is 12.0 Å². The third-order valence-corrected chi connectivity index (χ3v) is 5.78. The van der Waals surface area contributed by atoms with Crippen LogP contribution in [0.1, 0.15) is 42.7 Å². The maximum atomic E-state index is 12.4. The first-order chi connectivity index (χ1) is 13.1. The Morgan fingerprint density at radius 1 is 0.963 bits per heavy atom. The van der Waals surface area contributed by atoms with Crippen molar-refractivity contribution < 1.29 is 14.3 Å². The number of nitrogens with one attached hydrogen (secondary N) is 1. The molecule has 4 rings (SSSR count). The summed E-state index contributed by atoms with van der Waals surface area (Å²) in [4.78, 5) is 24.0. The Bertz CT molecular complexity index is 819. The summed E-state index contributed by atoms with van der Waals surface area (Å²) in [5.41, 5.74) is 10.2. The molecule has 0 aromatic heterocycles. The van der Waals surface area contributed by atoms with Gasteiger partial charge in [-0.1, -0.05) is 61.4 Å². The van der Waals surface area contributed by atoms with Crippen molar-refractivity contribution in [3.8, 4) is 11.1 Å². The van der Waals surface area contributed by atoms with Crippen LogP contribution in [-0.4, -0.2) is 24.6 Å². The van der Waals surface area contributed by atoms with Gasteiger partial charge in [-0.25, -0.2) is 4.79 Å². The summed E-state index contributed by atoms with van der Waals surface area (Å²) < 4.78 is 5.57. The largest absolute Gasteiger partial charge is 0.449 e. The molecule has 27 heavy (non-hydrogen) atoms. The molecule has 2 amide bonds. The molecule has 0 saturated heterocycles. The average Bonchev–Trinajstić information content (AvgIpc) is 3.00. The highest BCUT2D eigenvalue weighted by molar-refractivity contribution is 5.80. The highest BCUT2D eigenvalue weighted by Gasteiger charge is 2.32. The lowest BCUT2D eigenvalue weighted by atomic mass is 9.84. The number of primary amides is 1. The maximum Gasteiger partial charge on any atom is 0.407 e. The summed E-state index contributed by atoms with van der Waals surface area (Å²) in [7, 11) is 0. The van der Waals surface area contributed by atoms with Gasteiger partial charge in [0.25, 0.3) is 0 Å². The number of carbonyl (C=O) groups excluding carboxylic acids is 2. The first-order valence-corrected chi connectivity index (χ1v) is 9.56. The van der Waals surface area contributed by atoms with Crippen molar-refractivity contribution in [1.82, 2.24) is 5.32 Å². The van der Waals surface area contributed by atoms with Gasteiger partial charge >= 0.3 is 6.09 Å². The molecule has 0 bridgehead atoms. The van der Waals surface area contributed by atoms with E-state index in [1.54, 1.807) is 0 Å². The molecular weight excluding hydrogens is 340 g/mol. The van der Waals surface area contributed by atoms with Crippen LogP contribution in [0.3, 0.4) is 0 Å². The number of fused-ring (bicyclic) bond motifs is 3. The van der Waals surface area contributed by atoms with Gasteiger partial charge in [-0.15, -0.1) is 0 Å². The first-order valence-electron chi connectivity index (χ1n) is 9.56. The number of benzene rings is 2. The number of rotatable bonds is 4. The van der Waals surface area contributed by atoms with E-state index in [-0.39, 0.29) is 30.4 Å². The fourth-order valence-electron chi connectivity index (χ4n) is 4.44. The molecule has 140 valence electrons. The topological polar surface area (TPSA) is 81.4 Å². The Kier molecular flexibility index (Phi) is 4.84. The second-order valence-corrected chi connectivity index (χ2v) is 7.37. The summed E-state index contributed by atoms with van der Waals surface area (Å²) in [6.45, 7) is 0.272. The number of amides is 2. The van der Waals surface area contributed by atoms with Gasteiger partial charge in [0.15, 0.2) is 0 Å². The Morgan fingerprint density at radius 2 is 1.56 bits per heavy atom. The minimum Gasteiger partial charge on any atom is -0.449 e. The zero-order valence-corrected chi connectivity index (χ0v) is 15.2. The number of carbonyl (C=O) groups is 2. The first kappa shape index (κ1) is 17.6. The summed E-state index contributed by atoms with van der Waals surface area (Å²) >= 11 is 0. The number of alkyl carbamates (subject to hydrolysis) is 1. The Balaban J connectivity index is 1.44. The zero-order valence-electron chi connectivity index (χ0n) is 15.2. The highest BCUT2D eigenvalue weighted by Crippen LogP contribution is 2.44. The molecule has 5 nitrogen and oxygen atoms in total. The average molecular weight is 364 g/mol. The Hall–Kier alpha value is -2.82. The Labute approximate surface area is 158 Å². The number of nitrogens with two attached hydrogens (primary N) is 1. The van der Waals surface area contributed by atoms with Crippen molar-refractivity contribution in [2.45, 2.75) is 37.6 Å². The van der Waals surface area contributed by atoms with Crippen LogP contribution < -0.4 is 11.1 Å². The van der Waals surface area contributed by atoms with Crippen LogP contribution in [-0.2, 0) is 9.53 Å². The van der Waals surface area contributed by atoms with Crippen LogP contribution in [0.4, 0.5) is 4.79 Å². The summed E-state index contributed by atoms with van der Waals surface area (Å²) in [6, 6.07) is 16.2. The van der Waals surface area contributed by atoms with Crippen LogP contribution >= 0.6 is 0 Å². The predicted octanol–water partition coefficient (Wildman–Crippen LogP) is 3.57. The van der Waals surface area contributed by atoms with E-state index >= 15 is 0 Å². The SMILES string of the molecule is NC(=O)[C@@H]1CCCC[C@H]1NC(=O)OCC1c2ccccc2-c2ccccc21. The number of ether oxygens (including phenoxy) is 1. The van der Waals surface area contributed by atoms with E-state index in [0.717, 1.165) is 25.7 Å². The summed E-state index contributed by atoms with van der Waals surface area (Å²) in [6.07, 6.45) is 2.96. The van der Waals surface area contributed by atoms with Gasteiger partial charge in [0.05, 0.1) is 5.92 Å². The smallest absolute Gasteiger partial charge is 0.407 e. The molecule has 3 N–H and O–H groups in total. The molecule has 0 unspecified atom stereocenters. The summed E-state index contributed by atoms with van der Waals surface area (Å²) in [5.74, 6) is -0.626.